The third kappa shape index (κ3) is 3.33. The Morgan fingerprint density at radius 2 is 2.10 bits per heavy atom. The second-order valence-electron chi connectivity index (χ2n) is 5.77. The van der Waals surface area contributed by atoms with Crippen LogP contribution in [0, 0.1) is 5.92 Å². The standard InChI is InChI=1S/C16H21ClO3/c1-11-5-7-16(19,8-6-11)15(18)10-12-9-13(17)3-4-14(12)20-2/h3-4,9,11,19H,5-8,10H2,1-2H3. The number of hydrogen-bond donors (Lipinski definition) is 1. The quantitative estimate of drug-likeness (QED) is 0.926. The minimum Gasteiger partial charge on any atom is -0.496 e. The van der Waals surface area contributed by atoms with Gasteiger partial charge in [-0.25, -0.2) is 0 Å². The third-order valence-electron chi connectivity index (χ3n) is 4.21. The van der Waals surface area contributed by atoms with Crippen LogP contribution in [0.1, 0.15) is 38.2 Å². The smallest absolute Gasteiger partial charge is 0.168 e. The first-order chi connectivity index (χ1) is 9.44. The number of halogens is 1. The first kappa shape index (κ1) is 15.3. The molecule has 1 saturated carbocycles. The van der Waals surface area contributed by atoms with Crippen LogP contribution in [0.2, 0.25) is 5.02 Å². The normalized spacial score (nSPS) is 26.3. The molecule has 0 unspecified atom stereocenters. The largest absolute Gasteiger partial charge is 0.496 e. The Bertz CT molecular complexity index is 490. The molecule has 1 aliphatic carbocycles. The van der Waals surface area contributed by atoms with Crippen LogP contribution in [0.3, 0.4) is 0 Å². The van der Waals surface area contributed by atoms with Crippen molar-refractivity contribution in [3.8, 4) is 5.75 Å². The maximum atomic E-state index is 12.4. The lowest BCUT2D eigenvalue weighted by Gasteiger charge is -2.33. The van der Waals surface area contributed by atoms with E-state index in [1.54, 1.807) is 25.3 Å². The lowest BCUT2D eigenvalue weighted by Crippen LogP contribution is -2.42. The van der Waals surface area contributed by atoms with E-state index in [1.165, 1.54) is 0 Å². The van der Waals surface area contributed by atoms with Gasteiger partial charge < -0.3 is 9.84 Å². The molecule has 1 fully saturated rings. The van der Waals surface area contributed by atoms with Crippen LogP contribution >= 0.6 is 11.6 Å². The molecule has 0 aliphatic heterocycles. The average molecular weight is 297 g/mol. The summed E-state index contributed by atoms with van der Waals surface area (Å²) in [6.45, 7) is 2.16. The summed E-state index contributed by atoms with van der Waals surface area (Å²) >= 11 is 5.97. The molecule has 1 N–H and O–H groups in total. The molecule has 20 heavy (non-hydrogen) atoms. The van der Waals surface area contributed by atoms with Gasteiger partial charge in [-0.2, -0.15) is 0 Å². The topological polar surface area (TPSA) is 46.5 Å². The van der Waals surface area contributed by atoms with Gasteiger partial charge in [0.1, 0.15) is 11.4 Å². The van der Waals surface area contributed by atoms with Crippen LogP contribution in [0.5, 0.6) is 5.75 Å². The third-order valence-corrected chi connectivity index (χ3v) is 4.45. The number of carbonyl (C=O) groups is 1. The zero-order chi connectivity index (χ0) is 14.8. The molecule has 1 aromatic rings. The van der Waals surface area contributed by atoms with Crippen molar-refractivity contribution in [1.82, 2.24) is 0 Å². The van der Waals surface area contributed by atoms with Gasteiger partial charge >= 0.3 is 0 Å². The molecule has 0 aromatic heterocycles. The van der Waals surface area contributed by atoms with Crippen molar-refractivity contribution in [3.05, 3.63) is 28.8 Å². The molecule has 2 rings (SSSR count). The number of rotatable bonds is 4. The molecule has 1 aromatic carbocycles. The summed E-state index contributed by atoms with van der Waals surface area (Å²) in [6.07, 6.45) is 3.06. The van der Waals surface area contributed by atoms with E-state index >= 15 is 0 Å². The maximum absolute atomic E-state index is 12.4. The van der Waals surface area contributed by atoms with Gasteiger partial charge in [-0.15, -0.1) is 0 Å². The lowest BCUT2D eigenvalue weighted by molar-refractivity contribution is -0.140. The van der Waals surface area contributed by atoms with Gasteiger partial charge in [-0.05, 0) is 49.8 Å². The van der Waals surface area contributed by atoms with Crippen LogP contribution in [0.15, 0.2) is 18.2 Å². The number of ketones is 1. The molecule has 0 atom stereocenters. The van der Waals surface area contributed by atoms with Crippen molar-refractivity contribution in [2.75, 3.05) is 7.11 Å². The Morgan fingerprint density at radius 3 is 2.70 bits per heavy atom. The van der Waals surface area contributed by atoms with Crippen molar-refractivity contribution < 1.29 is 14.6 Å². The van der Waals surface area contributed by atoms with Gasteiger partial charge in [0.2, 0.25) is 0 Å². The predicted octanol–water partition coefficient (Wildman–Crippen LogP) is 3.40. The highest BCUT2D eigenvalue weighted by atomic mass is 35.5. The molecule has 3 nitrogen and oxygen atoms in total. The highest BCUT2D eigenvalue weighted by Crippen LogP contribution is 2.34. The number of methoxy groups -OCH3 is 1. The van der Waals surface area contributed by atoms with E-state index in [1.807, 2.05) is 0 Å². The molecule has 0 heterocycles. The van der Waals surface area contributed by atoms with Crippen LogP contribution in [-0.2, 0) is 11.2 Å². The highest BCUT2D eigenvalue weighted by Gasteiger charge is 2.38. The molecule has 110 valence electrons. The van der Waals surface area contributed by atoms with E-state index in [4.69, 9.17) is 16.3 Å². The Kier molecular flexibility index (Phi) is 4.71. The van der Waals surface area contributed by atoms with E-state index < -0.39 is 5.60 Å². The fourth-order valence-corrected chi connectivity index (χ4v) is 2.94. The molecule has 0 spiro atoms. The minimum absolute atomic E-state index is 0.134. The molecule has 1 aliphatic rings. The summed E-state index contributed by atoms with van der Waals surface area (Å²) in [5.41, 5.74) is -0.447. The Hall–Kier alpha value is -1.06. The average Bonchev–Trinajstić information content (AvgIpc) is 2.42. The predicted molar refractivity (Wildman–Crippen MR) is 79.3 cm³/mol. The van der Waals surface area contributed by atoms with Crippen LogP contribution in [0.4, 0.5) is 0 Å². The van der Waals surface area contributed by atoms with Gasteiger partial charge in [0.25, 0.3) is 0 Å². The van der Waals surface area contributed by atoms with E-state index in [9.17, 15) is 9.90 Å². The second kappa shape index (κ2) is 6.15. The van der Waals surface area contributed by atoms with Crippen LogP contribution in [-0.4, -0.2) is 23.6 Å². The summed E-state index contributed by atoms with van der Waals surface area (Å²) in [4.78, 5) is 12.4. The van der Waals surface area contributed by atoms with Gasteiger partial charge in [-0.1, -0.05) is 18.5 Å². The Morgan fingerprint density at radius 1 is 1.45 bits per heavy atom. The Balaban J connectivity index is 2.13. The summed E-state index contributed by atoms with van der Waals surface area (Å²) in [5.74, 6) is 1.09. The molecular formula is C16H21ClO3. The zero-order valence-corrected chi connectivity index (χ0v) is 12.7. The van der Waals surface area contributed by atoms with E-state index in [0.717, 1.165) is 18.4 Å². The number of benzene rings is 1. The fourth-order valence-electron chi connectivity index (χ4n) is 2.74. The molecule has 0 saturated heterocycles. The van der Waals surface area contributed by atoms with E-state index in [2.05, 4.69) is 6.92 Å². The van der Waals surface area contributed by atoms with Crippen molar-refractivity contribution in [2.24, 2.45) is 5.92 Å². The zero-order valence-electron chi connectivity index (χ0n) is 12.0. The fraction of sp³-hybridized carbons (Fsp3) is 0.562. The molecular weight excluding hydrogens is 276 g/mol. The highest BCUT2D eigenvalue weighted by molar-refractivity contribution is 6.30. The van der Waals surface area contributed by atoms with Gasteiger partial charge in [-0.3, -0.25) is 4.79 Å². The first-order valence-corrected chi connectivity index (χ1v) is 7.40. The van der Waals surface area contributed by atoms with Gasteiger partial charge in [0.05, 0.1) is 7.11 Å². The van der Waals surface area contributed by atoms with Gasteiger partial charge in [0.15, 0.2) is 5.78 Å². The van der Waals surface area contributed by atoms with Crippen molar-refractivity contribution in [1.29, 1.82) is 0 Å². The number of ether oxygens (including phenoxy) is 1. The van der Waals surface area contributed by atoms with Crippen molar-refractivity contribution in [3.63, 3.8) is 0 Å². The molecule has 0 radical (unpaired) electrons. The monoisotopic (exact) mass is 296 g/mol. The minimum atomic E-state index is -1.18. The van der Waals surface area contributed by atoms with E-state index in [-0.39, 0.29) is 12.2 Å². The molecule has 0 amide bonds. The number of carbonyl (C=O) groups excluding carboxylic acids is 1. The SMILES string of the molecule is COc1ccc(Cl)cc1CC(=O)C1(O)CCC(C)CC1. The van der Waals surface area contributed by atoms with Crippen molar-refractivity contribution in [2.45, 2.75) is 44.6 Å². The number of Topliss-reactive ketones (excluding diaryl/α,β-unsaturated/α-hetero) is 1. The summed E-state index contributed by atoms with van der Waals surface area (Å²) in [6, 6.07) is 5.20. The van der Waals surface area contributed by atoms with Crippen LogP contribution in [0.25, 0.3) is 0 Å². The van der Waals surface area contributed by atoms with Gasteiger partial charge in [0, 0.05) is 17.0 Å². The lowest BCUT2D eigenvalue weighted by atomic mass is 9.76. The summed E-state index contributed by atoms with van der Waals surface area (Å²) < 4.78 is 5.25. The Labute approximate surface area is 124 Å². The van der Waals surface area contributed by atoms with E-state index in [0.29, 0.717) is 29.5 Å². The molecule has 4 heteroatoms. The summed E-state index contributed by atoms with van der Waals surface area (Å²) in [7, 11) is 1.56. The number of hydrogen-bond acceptors (Lipinski definition) is 3. The van der Waals surface area contributed by atoms with Crippen molar-refractivity contribution >= 4 is 17.4 Å². The second-order valence-corrected chi connectivity index (χ2v) is 6.21. The number of aliphatic hydroxyl groups is 1. The molecule has 0 bridgehead atoms. The summed E-state index contributed by atoms with van der Waals surface area (Å²) in [5, 5.41) is 11.1. The maximum Gasteiger partial charge on any atom is 0.168 e. The van der Waals surface area contributed by atoms with Crippen LogP contribution < -0.4 is 4.74 Å². The first-order valence-electron chi connectivity index (χ1n) is 7.03.